The minimum absolute atomic E-state index is 0.117. The minimum Gasteiger partial charge on any atom is -0.424 e. The first-order valence-electron chi connectivity index (χ1n) is 6.06. The Morgan fingerprint density at radius 3 is 2.44 bits per heavy atom. The Hall–Kier alpha value is -0.990. The van der Waals surface area contributed by atoms with E-state index in [9.17, 15) is 8.42 Å². The highest BCUT2D eigenvalue weighted by Gasteiger charge is 2.30. The van der Waals surface area contributed by atoms with Crippen LogP contribution >= 0.6 is 0 Å². The Kier molecular flexibility index (Phi) is 3.98. The first-order valence-corrected chi connectivity index (χ1v) is 7.46. The first-order chi connectivity index (χ1) is 8.54. The van der Waals surface area contributed by atoms with Crippen molar-refractivity contribution in [1.82, 2.24) is 18.8 Å². The summed E-state index contributed by atoms with van der Waals surface area (Å²) < 4.78 is 32.4. The summed E-state index contributed by atoms with van der Waals surface area (Å²) in [5, 5.41) is 7.64. The largest absolute Gasteiger partial charge is 0.424 e. The highest BCUT2D eigenvalue weighted by Crippen LogP contribution is 2.17. The molecule has 1 aromatic rings. The third kappa shape index (κ3) is 2.70. The van der Waals surface area contributed by atoms with Gasteiger partial charge in [-0.1, -0.05) is 6.92 Å². The molecule has 0 aromatic carbocycles. The van der Waals surface area contributed by atoms with Gasteiger partial charge in [-0.05, 0) is 12.8 Å². The van der Waals surface area contributed by atoms with E-state index in [0.29, 0.717) is 31.3 Å². The lowest BCUT2D eigenvalue weighted by molar-refractivity contribution is 0.352. The van der Waals surface area contributed by atoms with E-state index in [-0.39, 0.29) is 6.54 Å². The predicted molar refractivity (Wildman–Crippen MR) is 64.9 cm³/mol. The van der Waals surface area contributed by atoms with Crippen molar-refractivity contribution in [3.63, 3.8) is 0 Å². The molecule has 7 nitrogen and oxygen atoms in total. The number of rotatable bonds is 5. The average Bonchev–Trinajstić information content (AvgIpc) is 2.99. The van der Waals surface area contributed by atoms with Crippen molar-refractivity contribution >= 4 is 10.2 Å². The number of aromatic nitrogens is 2. The molecule has 2 heterocycles. The molecule has 1 aromatic heterocycles. The van der Waals surface area contributed by atoms with Crippen molar-refractivity contribution in [2.45, 2.75) is 32.7 Å². The summed E-state index contributed by atoms with van der Waals surface area (Å²) in [4.78, 5) is 0. The lowest BCUT2D eigenvalue weighted by atomic mass is 10.4. The standard InChI is InChI=1S/C10H18N4O3S/c1-3-9-11-12-10(17-9)8-13(2)18(15,16)14-6-4-5-7-14/h3-8H2,1-2H3. The Balaban J connectivity index is 2.04. The topological polar surface area (TPSA) is 79.5 Å². The summed E-state index contributed by atoms with van der Waals surface area (Å²) >= 11 is 0. The molecule has 0 unspecified atom stereocenters. The van der Waals surface area contributed by atoms with E-state index in [1.165, 1.54) is 15.7 Å². The summed E-state index contributed by atoms with van der Waals surface area (Å²) in [5.74, 6) is 0.856. The normalized spacial score (nSPS) is 17.7. The second-order valence-electron chi connectivity index (χ2n) is 4.31. The van der Waals surface area contributed by atoms with Crippen LogP contribution in [0.15, 0.2) is 4.42 Å². The molecule has 0 aliphatic carbocycles. The maximum atomic E-state index is 12.2. The van der Waals surface area contributed by atoms with Crippen LogP contribution < -0.4 is 0 Å². The molecule has 102 valence electrons. The van der Waals surface area contributed by atoms with E-state index < -0.39 is 10.2 Å². The number of nitrogens with zero attached hydrogens (tertiary/aromatic N) is 4. The van der Waals surface area contributed by atoms with Crippen molar-refractivity contribution in [2.75, 3.05) is 20.1 Å². The number of aryl methyl sites for hydroxylation is 1. The molecule has 8 heteroatoms. The van der Waals surface area contributed by atoms with Crippen molar-refractivity contribution in [3.05, 3.63) is 11.8 Å². The predicted octanol–water partition coefficient (Wildman–Crippen LogP) is 0.404. The van der Waals surface area contributed by atoms with Gasteiger partial charge in [0.1, 0.15) is 0 Å². The Labute approximate surface area is 107 Å². The second-order valence-corrected chi connectivity index (χ2v) is 6.35. The fraction of sp³-hybridized carbons (Fsp3) is 0.800. The molecule has 0 atom stereocenters. The first kappa shape index (κ1) is 13.4. The van der Waals surface area contributed by atoms with Gasteiger partial charge in [0.15, 0.2) is 0 Å². The minimum atomic E-state index is -3.40. The number of hydrogen-bond donors (Lipinski definition) is 0. The molecule has 2 rings (SSSR count). The molecule has 1 fully saturated rings. The third-order valence-electron chi connectivity index (χ3n) is 2.95. The zero-order valence-electron chi connectivity index (χ0n) is 10.7. The summed E-state index contributed by atoms with van der Waals surface area (Å²) in [6.45, 7) is 3.21. The van der Waals surface area contributed by atoms with E-state index in [1.54, 1.807) is 0 Å². The molecule has 0 amide bonds. The molecular weight excluding hydrogens is 256 g/mol. The van der Waals surface area contributed by atoms with Gasteiger partial charge in [-0.25, -0.2) is 0 Å². The molecule has 1 saturated heterocycles. The van der Waals surface area contributed by atoms with Gasteiger partial charge in [-0.15, -0.1) is 10.2 Å². The van der Waals surface area contributed by atoms with Crippen LogP contribution in [0.4, 0.5) is 0 Å². The van der Waals surface area contributed by atoms with Gasteiger partial charge in [-0.3, -0.25) is 0 Å². The molecule has 1 aliphatic heterocycles. The van der Waals surface area contributed by atoms with Crippen LogP contribution in [0, 0.1) is 0 Å². The lowest BCUT2D eigenvalue weighted by Gasteiger charge is -2.22. The SMILES string of the molecule is CCc1nnc(CN(C)S(=O)(=O)N2CCCC2)o1. The smallest absolute Gasteiger partial charge is 0.282 e. The zero-order valence-corrected chi connectivity index (χ0v) is 11.5. The second kappa shape index (κ2) is 5.33. The van der Waals surface area contributed by atoms with Crippen LogP contribution in [-0.4, -0.2) is 47.4 Å². The van der Waals surface area contributed by atoms with Crippen LogP contribution in [0.2, 0.25) is 0 Å². The van der Waals surface area contributed by atoms with E-state index in [0.717, 1.165) is 12.8 Å². The molecular formula is C10H18N4O3S. The maximum Gasteiger partial charge on any atom is 0.282 e. The number of hydrogen-bond acceptors (Lipinski definition) is 5. The van der Waals surface area contributed by atoms with E-state index in [4.69, 9.17) is 4.42 Å². The van der Waals surface area contributed by atoms with Crippen molar-refractivity contribution in [3.8, 4) is 0 Å². The van der Waals surface area contributed by atoms with Crippen molar-refractivity contribution in [2.24, 2.45) is 0 Å². The summed E-state index contributed by atoms with van der Waals surface area (Å²) in [6.07, 6.45) is 2.50. The molecule has 18 heavy (non-hydrogen) atoms. The van der Waals surface area contributed by atoms with Crippen LogP contribution in [0.1, 0.15) is 31.5 Å². The summed E-state index contributed by atoms with van der Waals surface area (Å²) in [5.41, 5.74) is 0. The van der Waals surface area contributed by atoms with Gasteiger partial charge in [0.25, 0.3) is 10.2 Å². The Bertz CT molecular complexity index is 493. The van der Waals surface area contributed by atoms with Crippen LogP contribution in [0.3, 0.4) is 0 Å². The molecule has 0 bridgehead atoms. The van der Waals surface area contributed by atoms with Gasteiger partial charge in [-0.2, -0.15) is 17.0 Å². The summed E-state index contributed by atoms with van der Waals surface area (Å²) in [6, 6.07) is 0. The third-order valence-corrected chi connectivity index (χ3v) is 4.89. The molecule has 0 N–H and O–H groups in total. The van der Waals surface area contributed by atoms with E-state index in [1.807, 2.05) is 6.92 Å². The molecule has 0 saturated carbocycles. The summed E-state index contributed by atoms with van der Waals surface area (Å²) in [7, 11) is -1.86. The Morgan fingerprint density at radius 2 is 1.89 bits per heavy atom. The van der Waals surface area contributed by atoms with Crippen molar-refractivity contribution in [1.29, 1.82) is 0 Å². The monoisotopic (exact) mass is 274 g/mol. The molecule has 0 radical (unpaired) electrons. The van der Waals surface area contributed by atoms with Gasteiger partial charge in [0, 0.05) is 26.6 Å². The fourth-order valence-electron chi connectivity index (χ4n) is 1.88. The zero-order chi connectivity index (χ0) is 13.2. The van der Waals surface area contributed by atoms with Crippen molar-refractivity contribution < 1.29 is 12.8 Å². The van der Waals surface area contributed by atoms with Gasteiger partial charge in [0.2, 0.25) is 11.8 Å². The Morgan fingerprint density at radius 1 is 1.28 bits per heavy atom. The van der Waals surface area contributed by atoms with Gasteiger partial charge >= 0.3 is 0 Å². The molecule has 1 aliphatic rings. The van der Waals surface area contributed by atoms with E-state index in [2.05, 4.69) is 10.2 Å². The maximum absolute atomic E-state index is 12.2. The van der Waals surface area contributed by atoms with E-state index >= 15 is 0 Å². The van der Waals surface area contributed by atoms with Crippen LogP contribution in [0.25, 0.3) is 0 Å². The molecule has 0 spiro atoms. The quantitative estimate of drug-likeness (QED) is 0.776. The van der Waals surface area contributed by atoms with Gasteiger partial charge < -0.3 is 4.42 Å². The van der Waals surface area contributed by atoms with Gasteiger partial charge in [0.05, 0.1) is 6.54 Å². The highest BCUT2D eigenvalue weighted by molar-refractivity contribution is 7.86. The average molecular weight is 274 g/mol. The van der Waals surface area contributed by atoms with Crippen LogP contribution in [-0.2, 0) is 23.2 Å². The van der Waals surface area contributed by atoms with Crippen LogP contribution in [0.5, 0.6) is 0 Å². The fourth-order valence-corrected chi connectivity index (χ4v) is 3.27. The highest BCUT2D eigenvalue weighted by atomic mass is 32.2. The lowest BCUT2D eigenvalue weighted by Crippen LogP contribution is -2.39.